The van der Waals surface area contributed by atoms with Crippen LogP contribution in [-0.2, 0) is 13.2 Å². The molecule has 24 heavy (non-hydrogen) atoms. The number of thiazole rings is 1. The van der Waals surface area contributed by atoms with E-state index in [0.29, 0.717) is 29.6 Å². The third-order valence-electron chi connectivity index (χ3n) is 3.37. The van der Waals surface area contributed by atoms with Crippen molar-refractivity contribution in [2.24, 2.45) is 0 Å². The van der Waals surface area contributed by atoms with Gasteiger partial charge in [0.1, 0.15) is 12.4 Å². The molecule has 0 fully saturated rings. The first-order valence-electron chi connectivity index (χ1n) is 7.46. The zero-order chi connectivity index (χ0) is 16.8. The SMILES string of the molecule is Nc1nc(CNC(=O)c2ccccc2OCc2ccccc2)cs1. The molecule has 122 valence electrons. The van der Waals surface area contributed by atoms with Crippen LogP contribution in [0.2, 0.25) is 0 Å². The molecule has 6 heteroatoms. The monoisotopic (exact) mass is 339 g/mol. The molecule has 0 radical (unpaired) electrons. The summed E-state index contributed by atoms with van der Waals surface area (Å²) >= 11 is 1.35. The molecule has 0 saturated carbocycles. The molecule has 5 nitrogen and oxygen atoms in total. The van der Waals surface area contributed by atoms with Gasteiger partial charge in [0, 0.05) is 5.38 Å². The standard InChI is InChI=1S/C18H17N3O2S/c19-18-21-14(12-24-18)10-20-17(22)15-8-4-5-9-16(15)23-11-13-6-2-1-3-7-13/h1-9,12H,10-11H2,(H2,19,21)(H,20,22). The lowest BCUT2D eigenvalue weighted by Gasteiger charge is -2.11. The van der Waals surface area contributed by atoms with Gasteiger partial charge in [-0.25, -0.2) is 4.98 Å². The molecular weight excluding hydrogens is 322 g/mol. The number of nitrogen functional groups attached to an aromatic ring is 1. The number of hydrogen-bond acceptors (Lipinski definition) is 5. The van der Waals surface area contributed by atoms with Crippen LogP contribution in [0.25, 0.3) is 0 Å². The number of ether oxygens (including phenoxy) is 1. The van der Waals surface area contributed by atoms with E-state index in [9.17, 15) is 4.79 Å². The second kappa shape index (κ2) is 7.61. The summed E-state index contributed by atoms with van der Waals surface area (Å²) < 4.78 is 5.81. The minimum absolute atomic E-state index is 0.203. The van der Waals surface area contributed by atoms with E-state index in [1.165, 1.54) is 11.3 Å². The molecule has 0 aliphatic carbocycles. The van der Waals surface area contributed by atoms with Crippen molar-refractivity contribution in [2.75, 3.05) is 5.73 Å². The maximum absolute atomic E-state index is 12.4. The smallest absolute Gasteiger partial charge is 0.255 e. The van der Waals surface area contributed by atoms with E-state index in [0.717, 1.165) is 11.3 Å². The van der Waals surface area contributed by atoms with Crippen molar-refractivity contribution in [3.8, 4) is 5.75 Å². The molecule has 0 saturated heterocycles. The van der Waals surface area contributed by atoms with E-state index < -0.39 is 0 Å². The Balaban J connectivity index is 1.65. The number of hydrogen-bond donors (Lipinski definition) is 2. The number of para-hydroxylation sites is 1. The number of nitrogens with two attached hydrogens (primary N) is 1. The highest BCUT2D eigenvalue weighted by Gasteiger charge is 2.12. The maximum Gasteiger partial charge on any atom is 0.255 e. The molecule has 3 rings (SSSR count). The van der Waals surface area contributed by atoms with Crippen LogP contribution in [0.4, 0.5) is 5.13 Å². The van der Waals surface area contributed by atoms with E-state index in [-0.39, 0.29) is 5.91 Å². The lowest BCUT2D eigenvalue weighted by Crippen LogP contribution is -2.23. The minimum Gasteiger partial charge on any atom is -0.488 e. The Morgan fingerprint density at radius 3 is 2.62 bits per heavy atom. The number of amides is 1. The van der Waals surface area contributed by atoms with Crippen LogP contribution >= 0.6 is 11.3 Å². The van der Waals surface area contributed by atoms with Gasteiger partial charge in [-0.15, -0.1) is 11.3 Å². The summed E-state index contributed by atoms with van der Waals surface area (Å²) in [5, 5.41) is 5.16. The van der Waals surface area contributed by atoms with Crippen molar-refractivity contribution >= 4 is 22.4 Å². The topological polar surface area (TPSA) is 77.2 Å². The highest BCUT2D eigenvalue weighted by atomic mass is 32.1. The maximum atomic E-state index is 12.4. The first-order chi connectivity index (χ1) is 11.7. The van der Waals surface area contributed by atoms with Crippen molar-refractivity contribution in [1.29, 1.82) is 0 Å². The van der Waals surface area contributed by atoms with Gasteiger partial charge in [0.25, 0.3) is 5.91 Å². The summed E-state index contributed by atoms with van der Waals surface area (Å²) in [5.41, 5.74) is 7.88. The first kappa shape index (κ1) is 16.0. The zero-order valence-electron chi connectivity index (χ0n) is 12.9. The lowest BCUT2D eigenvalue weighted by atomic mass is 10.2. The number of nitrogens with one attached hydrogen (secondary N) is 1. The summed E-state index contributed by atoms with van der Waals surface area (Å²) in [6.45, 7) is 0.743. The fourth-order valence-corrected chi connectivity index (χ4v) is 2.75. The number of nitrogens with zero attached hydrogens (tertiary/aromatic N) is 1. The number of carbonyl (C=O) groups excluding carboxylic acids is 1. The van der Waals surface area contributed by atoms with Crippen LogP contribution in [0.5, 0.6) is 5.75 Å². The Kier molecular flexibility index (Phi) is 5.08. The van der Waals surface area contributed by atoms with Gasteiger partial charge >= 0.3 is 0 Å². The molecule has 0 spiro atoms. The minimum atomic E-state index is -0.203. The fraction of sp³-hybridized carbons (Fsp3) is 0.111. The van der Waals surface area contributed by atoms with Gasteiger partial charge in [-0.3, -0.25) is 4.79 Å². The van der Waals surface area contributed by atoms with Crippen LogP contribution in [0.3, 0.4) is 0 Å². The Bertz CT molecular complexity index is 818. The molecule has 1 heterocycles. The van der Waals surface area contributed by atoms with Crippen molar-refractivity contribution in [1.82, 2.24) is 10.3 Å². The van der Waals surface area contributed by atoms with Crippen LogP contribution in [0, 0.1) is 0 Å². The highest BCUT2D eigenvalue weighted by molar-refractivity contribution is 7.13. The quantitative estimate of drug-likeness (QED) is 0.723. The second-order valence-electron chi connectivity index (χ2n) is 5.13. The molecule has 0 bridgehead atoms. The number of anilines is 1. The average molecular weight is 339 g/mol. The average Bonchev–Trinajstić information content (AvgIpc) is 3.04. The van der Waals surface area contributed by atoms with Gasteiger partial charge in [-0.2, -0.15) is 0 Å². The molecule has 0 unspecified atom stereocenters. The molecule has 0 atom stereocenters. The summed E-state index contributed by atoms with van der Waals surface area (Å²) in [7, 11) is 0. The normalized spacial score (nSPS) is 10.3. The van der Waals surface area contributed by atoms with Crippen LogP contribution in [-0.4, -0.2) is 10.9 Å². The third kappa shape index (κ3) is 4.11. The molecular formula is C18H17N3O2S. The first-order valence-corrected chi connectivity index (χ1v) is 8.34. The molecule has 3 N–H and O–H groups in total. The zero-order valence-corrected chi connectivity index (χ0v) is 13.8. The van der Waals surface area contributed by atoms with E-state index in [2.05, 4.69) is 10.3 Å². The number of benzene rings is 2. The van der Waals surface area contributed by atoms with E-state index in [4.69, 9.17) is 10.5 Å². The second-order valence-corrected chi connectivity index (χ2v) is 6.02. The Hall–Kier alpha value is -2.86. The van der Waals surface area contributed by atoms with Crippen LogP contribution < -0.4 is 15.8 Å². The molecule has 0 aliphatic heterocycles. The summed E-state index contributed by atoms with van der Waals surface area (Å²) in [6.07, 6.45) is 0. The van der Waals surface area contributed by atoms with Gasteiger partial charge in [-0.05, 0) is 17.7 Å². The molecule has 1 amide bonds. The molecule has 3 aromatic rings. The van der Waals surface area contributed by atoms with E-state index in [1.54, 1.807) is 12.1 Å². The number of carbonyl (C=O) groups is 1. The molecule has 2 aromatic carbocycles. The van der Waals surface area contributed by atoms with Crippen molar-refractivity contribution < 1.29 is 9.53 Å². The highest BCUT2D eigenvalue weighted by Crippen LogP contribution is 2.19. The van der Waals surface area contributed by atoms with Gasteiger partial charge in [-0.1, -0.05) is 42.5 Å². The number of rotatable bonds is 6. The van der Waals surface area contributed by atoms with Crippen molar-refractivity contribution in [2.45, 2.75) is 13.2 Å². The van der Waals surface area contributed by atoms with Crippen molar-refractivity contribution in [3.63, 3.8) is 0 Å². The predicted molar refractivity (Wildman–Crippen MR) is 94.9 cm³/mol. The third-order valence-corrected chi connectivity index (χ3v) is 4.09. The fourth-order valence-electron chi connectivity index (χ4n) is 2.19. The summed E-state index contributed by atoms with van der Waals surface area (Å²) in [6, 6.07) is 17.0. The lowest BCUT2D eigenvalue weighted by molar-refractivity contribution is 0.0946. The molecule has 0 aliphatic rings. The largest absolute Gasteiger partial charge is 0.488 e. The Labute approximate surface area is 144 Å². The van der Waals surface area contributed by atoms with E-state index in [1.807, 2.05) is 47.8 Å². The van der Waals surface area contributed by atoms with Gasteiger partial charge in [0.05, 0.1) is 17.8 Å². The van der Waals surface area contributed by atoms with Crippen molar-refractivity contribution in [3.05, 3.63) is 76.8 Å². The summed E-state index contributed by atoms with van der Waals surface area (Å²) in [5.74, 6) is 0.349. The van der Waals surface area contributed by atoms with Gasteiger partial charge < -0.3 is 15.8 Å². The Morgan fingerprint density at radius 2 is 1.88 bits per heavy atom. The number of aromatic nitrogens is 1. The predicted octanol–water partition coefficient (Wildman–Crippen LogP) is 3.23. The van der Waals surface area contributed by atoms with Gasteiger partial charge in [0.2, 0.25) is 0 Å². The Morgan fingerprint density at radius 1 is 1.12 bits per heavy atom. The molecule has 1 aromatic heterocycles. The van der Waals surface area contributed by atoms with Gasteiger partial charge in [0.15, 0.2) is 5.13 Å². The van der Waals surface area contributed by atoms with E-state index >= 15 is 0 Å². The van der Waals surface area contributed by atoms with Crippen LogP contribution in [0.15, 0.2) is 60.0 Å². The van der Waals surface area contributed by atoms with Crippen LogP contribution in [0.1, 0.15) is 21.6 Å². The summed E-state index contributed by atoms with van der Waals surface area (Å²) in [4.78, 5) is 16.5.